The molecule has 2 aromatic heterocycles. The molecule has 6 nitrogen and oxygen atoms in total. The van der Waals surface area contributed by atoms with Crippen LogP contribution in [0, 0.1) is 0 Å². The van der Waals surface area contributed by atoms with Crippen molar-refractivity contribution < 1.29 is 9.47 Å². The maximum Gasteiger partial charge on any atom is 0.216 e. The minimum absolute atomic E-state index is 0.254. The third-order valence-corrected chi connectivity index (χ3v) is 5.02. The van der Waals surface area contributed by atoms with E-state index < -0.39 is 0 Å². The first-order chi connectivity index (χ1) is 11.6. The Morgan fingerprint density at radius 1 is 1.21 bits per heavy atom. The Balaban J connectivity index is 1.70. The minimum Gasteiger partial charge on any atom is -0.475 e. The molecule has 130 valence electrons. The number of hydrogen-bond donors (Lipinski definition) is 0. The summed E-state index contributed by atoms with van der Waals surface area (Å²) < 4.78 is 15.7. The molecule has 24 heavy (non-hydrogen) atoms. The van der Waals surface area contributed by atoms with Crippen LogP contribution in [0.25, 0.3) is 11.3 Å². The van der Waals surface area contributed by atoms with Crippen LogP contribution in [0.4, 0.5) is 0 Å². The second-order valence-electron chi connectivity index (χ2n) is 7.21. The lowest BCUT2D eigenvalue weighted by Gasteiger charge is -2.23. The molecule has 0 bridgehead atoms. The molecule has 6 heteroatoms. The Labute approximate surface area is 142 Å². The monoisotopic (exact) mass is 330 g/mol. The molecule has 0 unspecified atom stereocenters. The second kappa shape index (κ2) is 6.24. The summed E-state index contributed by atoms with van der Waals surface area (Å²) in [4.78, 5) is 0. The molecule has 2 aromatic rings. The van der Waals surface area contributed by atoms with Gasteiger partial charge in [-0.1, -0.05) is 13.8 Å². The van der Waals surface area contributed by atoms with Crippen LogP contribution >= 0.6 is 0 Å². The molecule has 0 aliphatic carbocycles. The Morgan fingerprint density at radius 2 is 2.00 bits per heavy atom. The Morgan fingerprint density at radius 3 is 2.75 bits per heavy atom. The summed E-state index contributed by atoms with van der Waals surface area (Å²) in [6, 6.07) is 0.434. The first kappa shape index (κ1) is 15.7. The van der Waals surface area contributed by atoms with Crippen molar-refractivity contribution in [3.63, 3.8) is 0 Å². The average molecular weight is 330 g/mol. The Bertz CT molecular complexity index is 713. The van der Waals surface area contributed by atoms with E-state index in [4.69, 9.17) is 14.6 Å². The summed E-state index contributed by atoms with van der Waals surface area (Å²) in [5, 5.41) is 9.46. The quantitative estimate of drug-likeness (QED) is 0.865. The van der Waals surface area contributed by atoms with Gasteiger partial charge in [0.15, 0.2) is 0 Å². The number of aromatic nitrogens is 4. The van der Waals surface area contributed by atoms with E-state index in [-0.39, 0.29) is 6.10 Å². The van der Waals surface area contributed by atoms with Gasteiger partial charge >= 0.3 is 0 Å². The first-order valence-electron chi connectivity index (χ1n) is 9.03. The highest BCUT2D eigenvalue weighted by Crippen LogP contribution is 2.38. The van der Waals surface area contributed by atoms with Crippen LogP contribution in [0.5, 0.6) is 5.88 Å². The molecule has 0 amide bonds. The van der Waals surface area contributed by atoms with Gasteiger partial charge in [-0.25, -0.2) is 4.68 Å². The van der Waals surface area contributed by atoms with E-state index >= 15 is 0 Å². The van der Waals surface area contributed by atoms with Gasteiger partial charge in [-0.2, -0.15) is 10.2 Å². The van der Waals surface area contributed by atoms with E-state index in [9.17, 15) is 0 Å². The third kappa shape index (κ3) is 2.73. The number of hydrogen-bond acceptors (Lipinski definition) is 4. The summed E-state index contributed by atoms with van der Waals surface area (Å²) in [5.41, 5.74) is 3.31. The predicted molar refractivity (Wildman–Crippen MR) is 91.3 cm³/mol. The van der Waals surface area contributed by atoms with Crippen LogP contribution in [0.15, 0.2) is 12.4 Å². The van der Waals surface area contributed by atoms with Gasteiger partial charge in [0.1, 0.15) is 5.69 Å². The zero-order valence-corrected chi connectivity index (χ0v) is 14.7. The molecule has 0 saturated carbocycles. The summed E-state index contributed by atoms with van der Waals surface area (Å²) in [7, 11) is 0. The molecular weight excluding hydrogens is 304 g/mol. The van der Waals surface area contributed by atoms with Crippen molar-refractivity contribution in [2.45, 2.75) is 64.6 Å². The molecular formula is C18H26N4O2. The van der Waals surface area contributed by atoms with E-state index in [1.807, 2.05) is 10.9 Å². The summed E-state index contributed by atoms with van der Waals surface area (Å²) in [6.45, 7) is 9.09. The molecule has 4 heterocycles. The molecule has 1 saturated heterocycles. The lowest BCUT2D eigenvalue weighted by Crippen LogP contribution is -2.23. The fourth-order valence-electron chi connectivity index (χ4n) is 3.63. The highest BCUT2D eigenvalue weighted by Gasteiger charge is 2.28. The Hall–Kier alpha value is -1.82. The van der Waals surface area contributed by atoms with Gasteiger partial charge in [0.2, 0.25) is 5.88 Å². The average Bonchev–Trinajstić information content (AvgIpc) is 3.19. The van der Waals surface area contributed by atoms with Gasteiger partial charge in [-0.15, -0.1) is 0 Å². The topological polar surface area (TPSA) is 54.1 Å². The van der Waals surface area contributed by atoms with Crippen LogP contribution in [-0.2, 0) is 11.3 Å². The molecule has 0 aromatic carbocycles. The van der Waals surface area contributed by atoms with Crippen molar-refractivity contribution in [1.29, 1.82) is 0 Å². The molecule has 1 atom stereocenters. The van der Waals surface area contributed by atoms with E-state index in [0.717, 1.165) is 56.2 Å². The van der Waals surface area contributed by atoms with Crippen LogP contribution in [-0.4, -0.2) is 38.9 Å². The van der Waals surface area contributed by atoms with Crippen LogP contribution in [0.1, 0.15) is 57.6 Å². The van der Waals surface area contributed by atoms with Gasteiger partial charge in [0, 0.05) is 43.5 Å². The van der Waals surface area contributed by atoms with Gasteiger partial charge in [0.25, 0.3) is 0 Å². The zero-order chi connectivity index (χ0) is 16.7. The predicted octanol–water partition coefficient (Wildman–Crippen LogP) is 3.39. The fraction of sp³-hybridized carbons (Fsp3) is 0.667. The van der Waals surface area contributed by atoms with Crippen molar-refractivity contribution in [2.75, 3.05) is 13.2 Å². The van der Waals surface area contributed by atoms with Crippen molar-refractivity contribution in [1.82, 2.24) is 19.6 Å². The number of rotatable bonds is 3. The molecule has 0 N–H and O–H groups in total. The maximum absolute atomic E-state index is 6.11. The number of aryl methyl sites for hydroxylation is 1. The van der Waals surface area contributed by atoms with Gasteiger partial charge in [-0.05, 0) is 25.7 Å². The molecule has 0 spiro atoms. The van der Waals surface area contributed by atoms with Crippen molar-refractivity contribution in [2.24, 2.45) is 0 Å². The zero-order valence-electron chi connectivity index (χ0n) is 14.7. The van der Waals surface area contributed by atoms with Gasteiger partial charge in [0.05, 0.1) is 18.3 Å². The first-order valence-corrected chi connectivity index (χ1v) is 9.03. The molecule has 2 aliphatic heterocycles. The summed E-state index contributed by atoms with van der Waals surface area (Å²) in [5.74, 6) is 1.30. The molecule has 4 rings (SSSR count). The minimum atomic E-state index is 0.254. The maximum atomic E-state index is 6.11. The number of nitrogens with zero attached hydrogens (tertiary/aromatic N) is 4. The van der Waals surface area contributed by atoms with E-state index in [2.05, 4.69) is 36.7 Å². The van der Waals surface area contributed by atoms with E-state index in [1.54, 1.807) is 0 Å². The summed E-state index contributed by atoms with van der Waals surface area (Å²) in [6.07, 6.45) is 7.40. The van der Waals surface area contributed by atoms with Crippen LogP contribution in [0.2, 0.25) is 0 Å². The third-order valence-electron chi connectivity index (χ3n) is 5.02. The van der Waals surface area contributed by atoms with Crippen LogP contribution < -0.4 is 4.74 Å². The lowest BCUT2D eigenvalue weighted by molar-refractivity contribution is 0.0662. The molecule has 2 aliphatic rings. The number of fused-ring (bicyclic) bond motifs is 1. The number of ether oxygens (including phenoxy) is 2. The largest absolute Gasteiger partial charge is 0.475 e. The van der Waals surface area contributed by atoms with E-state index in [0.29, 0.717) is 12.0 Å². The smallest absolute Gasteiger partial charge is 0.216 e. The second-order valence-corrected chi connectivity index (χ2v) is 7.21. The SMILES string of the molecule is CC(C)c1c(-c2cnn(C3CCOCC3)c2)nn2c1O[C@H](C)CC2. The normalized spacial score (nSPS) is 21.8. The fourth-order valence-corrected chi connectivity index (χ4v) is 3.63. The van der Waals surface area contributed by atoms with Gasteiger partial charge < -0.3 is 9.47 Å². The lowest BCUT2D eigenvalue weighted by atomic mass is 10.0. The van der Waals surface area contributed by atoms with Crippen molar-refractivity contribution >= 4 is 0 Å². The molecule has 1 fully saturated rings. The highest BCUT2D eigenvalue weighted by atomic mass is 16.5. The molecule has 0 radical (unpaired) electrons. The van der Waals surface area contributed by atoms with E-state index in [1.165, 1.54) is 5.56 Å². The van der Waals surface area contributed by atoms with Crippen molar-refractivity contribution in [3.05, 3.63) is 18.0 Å². The van der Waals surface area contributed by atoms with Gasteiger partial charge in [-0.3, -0.25) is 4.68 Å². The summed E-state index contributed by atoms with van der Waals surface area (Å²) >= 11 is 0. The Kier molecular flexibility index (Phi) is 4.08. The van der Waals surface area contributed by atoms with Crippen molar-refractivity contribution in [3.8, 4) is 17.1 Å². The van der Waals surface area contributed by atoms with Crippen LogP contribution in [0.3, 0.4) is 0 Å². The highest BCUT2D eigenvalue weighted by molar-refractivity contribution is 5.65. The standard InChI is InChI=1S/C18H26N4O2/c1-12(2)16-17(20-21-7-4-13(3)24-18(16)21)14-10-19-22(11-14)15-5-8-23-9-6-15/h10-13,15H,4-9H2,1-3H3/t13-/m1/s1.